The van der Waals surface area contributed by atoms with Crippen LogP contribution >= 0.6 is 0 Å². The molecule has 0 heterocycles. The number of amides is 2. The van der Waals surface area contributed by atoms with Crippen LogP contribution in [-0.2, 0) is 0 Å². The molecule has 1 aliphatic rings. The van der Waals surface area contributed by atoms with E-state index in [1.165, 1.54) is 4.90 Å². The molecule has 2 amide bonds. The van der Waals surface area contributed by atoms with Crippen molar-refractivity contribution in [1.82, 2.24) is 10.2 Å². The van der Waals surface area contributed by atoms with Crippen molar-refractivity contribution < 1.29 is 18.0 Å². The number of carbonyl (C=O) groups is 1. The van der Waals surface area contributed by atoms with Gasteiger partial charge in [-0.3, -0.25) is 0 Å². The third kappa shape index (κ3) is 4.88. The SMILES string of the molecule is C[C@H](NC(=O)N(CCC(F)(F)F)C1CCC1)c1ccc(C#N)cc1. The first kappa shape index (κ1) is 18.1. The highest BCUT2D eigenvalue weighted by Gasteiger charge is 2.34. The fourth-order valence-electron chi connectivity index (χ4n) is 2.59. The molecule has 0 saturated heterocycles. The van der Waals surface area contributed by atoms with Crippen LogP contribution in [0.3, 0.4) is 0 Å². The molecule has 1 fully saturated rings. The molecule has 1 saturated carbocycles. The zero-order valence-corrected chi connectivity index (χ0v) is 13.4. The molecule has 1 aromatic carbocycles. The molecule has 0 unspecified atom stereocenters. The minimum Gasteiger partial charge on any atom is -0.331 e. The Balaban J connectivity index is 1.99. The molecule has 1 aromatic rings. The Hall–Kier alpha value is -2.23. The van der Waals surface area contributed by atoms with Crippen molar-refractivity contribution in [2.45, 2.75) is 50.9 Å². The van der Waals surface area contributed by atoms with Gasteiger partial charge in [-0.2, -0.15) is 18.4 Å². The number of halogens is 3. The lowest BCUT2D eigenvalue weighted by molar-refractivity contribution is -0.138. The summed E-state index contributed by atoms with van der Waals surface area (Å²) in [6, 6.07) is 7.83. The lowest BCUT2D eigenvalue weighted by Crippen LogP contribution is -2.50. The van der Waals surface area contributed by atoms with Crippen LogP contribution < -0.4 is 5.32 Å². The molecule has 7 heteroatoms. The van der Waals surface area contributed by atoms with Crippen molar-refractivity contribution in [2.75, 3.05) is 6.54 Å². The number of nitrogens with one attached hydrogen (secondary N) is 1. The second kappa shape index (κ2) is 7.56. The minimum atomic E-state index is -4.28. The highest BCUT2D eigenvalue weighted by Crippen LogP contribution is 2.28. The first-order chi connectivity index (χ1) is 11.3. The molecule has 0 spiro atoms. The molecule has 1 atom stereocenters. The van der Waals surface area contributed by atoms with Gasteiger partial charge in [-0.1, -0.05) is 12.1 Å². The van der Waals surface area contributed by atoms with Gasteiger partial charge < -0.3 is 10.2 Å². The minimum absolute atomic E-state index is 0.111. The molecular weight excluding hydrogens is 319 g/mol. The highest BCUT2D eigenvalue weighted by atomic mass is 19.4. The zero-order valence-electron chi connectivity index (χ0n) is 13.4. The normalized spacial score (nSPS) is 16.0. The predicted molar refractivity (Wildman–Crippen MR) is 83.1 cm³/mol. The number of hydrogen-bond donors (Lipinski definition) is 1. The van der Waals surface area contributed by atoms with Crippen LogP contribution in [0.2, 0.25) is 0 Å². The van der Waals surface area contributed by atoms with Gasteiger partial charge in [0.15, 0.2) is 0 Å². The molecule has 0 aliphatic heterocycles. The van der Waals surface area contributed by atoms with E-state index in [4.69, 9.17) is 5.26 Å². The van der Waals surface area contributed by atoms with Crippen molar-refractivity contribution in [2.24, 2.45) is 0 Å². The molecule has 4 nitrogen and oxygen atoms in total. The summed E-state index contributed by atoms with van der Waals surface area (Å²) in [5.74, 6) is 0. The summed E-state index contributed by atoms with van der Waals surface area (Å²) in [4.78, 5) is 13.7. The molecular formula is C17H20F3N3O. The van der Waals surface area contributed by atoms with E-state index in [0.717, 1.165) is 24.8 Å². The standard InChI is InChI=1S/C17H20F3N3O/c1-12(14-7-5-13(11-21)6-8-14)22-16(24)23(15-3-2-4-15)10-9-17(18,19)20/h5-8,12,15H,2-4,9-10H2,1H3,(H,22,24)/t12-/m0/s1. The lowest BCUT2D eigenvalue weighted by atomic mass is 9.91. The molecule has 0 bridgehead atoms. The number of rotatable bonds is 5. The number of hydrogen-bond acceptors (Lipinski definition) is 2. The molecule has 1 N–H and O–H groups in total. The second-order valence-electron chi connectivity index (χ2n) is 6.05. The third-order valence-electron chi connectivity index (χ3n) is 4.29. The zero-order chi connectivity index (χ0) is 17.7. The van der Waals surface area contributed by atoms with Crippen LogP contribution in [0, 0.1) is 11.3 Å². The summed E-state index contributed by atoms with van der Waals surface area (Å²) in [6.07, 6.45) is -2.85. The molecule has 1 aliphatic carbocycles. The average molecular weight is 339 g/mol. The van der Waals surface area contributed by atoms with Gasteiger partial charge in [0.25, 0.3) is 0 Å². The van der Waals surface area contributed by atoms with Crippen molar-refractivity contribution in [3.63, 3.8) is 0 Å². The van der Waals surface area contributed by atoms with E-state index in [1.807, 2.05) is 6.07 Å². The Morgan fingerprint density at radius 3 is 2.46 bits per heavy atom. The van der Waals surface area contributed by atoms with E-state index < -0.39 is 18.6 Å². The van der Waals surface area contributed by atoms with Gasteiger partial charge in [-0.25, -0.2) is 4.79 Å². The number of benzene rings is 1. The topological polar surface area (TPSA) is 56.1 Å². The predicted octanol–water partition coefficient (Wildman–Crippen LogP) is 4.14. The number of urea groups is 1. The smallest absolute Gasteiger partial charge is 0.331 e. The van der Waals surface area contributed by atoms with Gasteiger partial charge in [0.1, 0.15) is 0 Å². The maximum Gasteiger partial charge on any atom is 0.390 e. The Labute approximate surface area is 139 Å². The molecule has 130 valence electrons. The number of nitrogens with zero attached hydrogens (tertiary/aromatic N) is 2. The van der Waals surface area contributed by atoms with Crippen LogP contribution in [0.5, 0.6) is 0 Å². The second-order valence-corrected chi connectivity index (χ2v) is 6.05. The van der Waals surface area contributed by atoms with Crippen LogP contribution in [0.15, 0.2) is 24.3 Å². The van der Waals surface area contributed by atoms with Gasteiger partial charge in [-0.15, -0.1) is 0 Å². The summed E-state index contributed by atoms with van der Waals surface area (Å²) in [5, 5.41) is 11.5. The summed E-state index contributed by atoms with van der Waals surface area (Å²) in [6.45, 7) is 1.45. The van der Waals surface area contributed by atoms with Gasteiger partial charge in [0.2, 0.25) is 0 Å². The van der Waals surface area contributed by atoms with Crippen LogP contribution in [0.25, 0.3) is 0 Å². The Bertz CT molecular complexity index is 603. The maximum atomic E-state index is 12.5. The van der Waals surface area contributed by atoms with Crippen molar-refractivity contribution in [3.8, 4) is 6.07 Å². The Kier molecular flexibility index (Phi) is 5.71. The van der Waals surface area contributed by atoms with E-state index in [0.29, 0.717) is 5.56 Å². The van der Waals surface area contributed by atoms with Gasteiger partial charge >= 0.3 is 12.2 Å². The van der Waals surface area contributed by atoms with Crippen LogP contribution in [0.1, 0.15) is 49.8 Å². The van der Waals surface area contributed by atoms with Gasteiger partial charge in [0, 0.05) is 12.6 Å². The monoisotopic (exact) mass is 339 g/mol. The third-order valence-corrected chi connectivity index (χ3v) is 4.29. The highest BCUT2D eigenvalue weighted by molar-refractivity contribution is 5.75. The van der Waals surface area contributed by atoms with Crippen molar-refractivity contribution in [1.29, 1.82) is 5.26 Å². The summed E-state index contributed by atoms with van der Waals surface area (Å²) in [5.41, 5.74) is 1.31. The van der Waals surface area contributed by atoms with Crippen LogP contribution in [-0.4, -0.2) is 29.7 Å². The van der Waals surface area contributed by atoms with Gasteiger partial charge in [0.05, 0.1) is 24.1 Å². The number of alkyl halides is 3. The first-order valence-corrected chi connectivity index (χ1v) is 7.94. The molecule has 24 heavy (non-hydrogen) atoms. The van der Waals surface area contributed by atoms with Crippen molar-refractivity contribution in [3.05, 3.63) is 35.4 Å². The van der Waals surface area contributed by atoms with E-state index >= 15 is 0 Å². The average Bonchev–Trinajstić information content (AvgIpc) is 2.48. The summed E-state index contributed by atoms with van der Waals surface area (Å²) in [7, 11) is 0. The first-order valence-electron chi connectivity index (χ1n) is 7.94. The quantitative estimate of drug-likeness (QED) is 0.877. The number of carbonyl (C=O) groups excluding carboxylic acids is 1. The lowest BCUT2D eigenvalue weighted by Gasteiger charge is -2.38. The summed E-state index contributed by atoms with van der Waals surface area (Å²) >= 11 is 0. The van der Waals surface area contributed by atoms with E-state index in [-0.39, 0.29) is 18.6 Å². The van der Waals surface area contributed by atoms with E-state index in [2.05, 4.69) is 5.32 Å². The summed E-state index contributed by atoms with van der Waals surface area (Å²) < 4.78 is 37.4. The molecule has 2 rings (SSSR count). The fourth-order valence-corrected chi connectivity index (χ4v) is 2.59. The van der Waals surface area contributed by atoms with Crippen molar-refractivity contribution >= 4 is 6.03 Å². The largest absolute Gasteiger partial charge is 0.390 e. The Morgan fingerprint density at radius 2 is 2.00 bits per heavy atom. The van der Waals surface area contributed by atoms with E-state index in [1.54, 1.807) is 31.2 Å². The maximum absolute atomic E-state index is 12.5. The molecule has 0 radical (unpaired) electrons. The molecule has 0 aromatic heterocycles. The van der Waals surface area contributed by atoms with Gasteiger partial charge in [-0.05, 0) is 43.9 Å². The Morgan fingerprint density at radius 1 is 1.38 bits per heavy atom. The van der Waals surface area contributed by atoms with Crippen LogP contribution in [0.4, 0.5) is 18.0 Å². The van der Waals surface area contributed by atoms with E-state index in [9.17, 15) is 18.0 Å². The fraction of sp³-hybridized carbons (Fsp3) is 0.529. The number of nitriles is 1.